The van der Waals surface area contributed by atoms with Crippen LogP contribution < -0.4 is 11.5 Å². The number of hydrogen-bond acceptors (Lipinski definition) is 3. The van der Waals surface area contributed by atoms with E-state index < -0.39 is 0 Å². The third kappa shape index (κ3) is 1.37. The Morgan fingerprint density at radius 2 is 2.00 bits per heavy atom. The Kier molecular flexibility index (Phi) is 1.90. The van der Waals surface area contributed by atoms with E-state index in [-0.39, 0.29) is 23.8 Å². The lowest BCUT2D eigenvalue weighted by molar-refractivity contribution is -0.0671. The monoisotopic (exact) mass is 170 g/mol. The van der Waals surface area contributed by atoms with Gasteiger partial charge in [-0.15, -0.1) is 0 Å². The van der Waals surface area contributed by atoms with Gasteiger partial charge in [-0.05, 0) is 32.6 Å². The number of ether oxygens (including phenoxy) is 1. The maximum absolute atomic E-state index is 6.06. The van der Waals surface area contributed by atoms with E-state index in [2.05, 4.69) is 0 Å². The first-order valence-corrected chi connectivity index (χ1v) is 4.82. The van der Waals surface area contributed by atoms with E-state index in [1.54, 1.807) is 0 Å². The van der Waals surface area contributed by atoms with Gasteiger partial charge in [0, 0.05) is 11.6 Å². The zero-order valence-corrected chi connectivity index (χ0v) is 7.62. The third-order valence-corrected chi connectivity index (χ3v) is 3.21. The van der Waals surface area contributed by atoms with Crippen molar-refractivity contribution in [3.8, 4) is 0 Å². The highest BCUT2D eigenvalue weighted by atomic mass is 16.5. The SMILES string of the molecule is C[C@H]1OC(C2(N)CC2)CCC1N. The minimum absolute atomic E-state index is 0.00833. The van der Waals surface area contributed by atoms with Crippen LogP contribution in [0.25, 0.3) is 0 Å². The molecular formula is C9H18N2O. The molecule has 2 unspecified atom stereocenters. The molecule has 0 aromatic rings. The van der Waals surface area contributed by atoms with E-state index in [1.807, 2.05) is 6.92 Å². The van der Waals surface area contributed by atoms with Gasteiger partial charge in [-0.2, -0.15) is 0 Å². The Morgan fingerprint density at radius 1 is 1.33 bits per heavy atom. The summed E-state index contributed by atoms with van der Waals surface area (Å²) in [6.45, 7) is 2.04. The molecule has 70 valence electrons. The normalized spacial score (nSPS) is 45.8. The molecule has 1 aliphatic heterocycles. The molecule has 3 atom stereocenters. The van der Waals surface area contributed by atoms with E-state index in [0.717, 1.165) is 25.7 Å². The van der Waals surface area contributed by atoms with E-state index in [4.69, 9.17) is 16.2 Å². The van der Waals surface area contributed by atoms with Crippen LogP contribution in [0.3, 0.4) is 0 Å². The summed E-state index contributed by atoms with van der Waals surface area (Å²) in [5.74, 6) is 0. The van der Waals surface area contributed by atoms with Crippen LogP contribution in [0.1, 0.15) is 32.6 Å². The van der Waals surface area contributed by atoms with Crippen LogP contribution in [0, 0.1) is 0 Å². The largest absolute Gasteiger partial charge is 0.372 e. The lowest BCUT2D eigenvalue weighted by Gasteiger charge is -2.35. The first-order valence-electron chi connectivity index (χ1n) is 4.82. The van der Waals surface area contributed by atoms with Crippen molar-refractivity contribution in [1.82, 2.24) is 0 Å². The second kappa shape index (κ2) is 2.69. The van der Waals surface area contributed by atoms with Crippen molar-refractivity contribution in [1.29, 1.82) is 0 Å². The number of rotatable bonds is 1. The first kappa shape index (κ1) is 8.48. The van der Waals surface area contributed by atoms with Crippen LogP contribution in [-0.2, 0) is 4.74 Å². The zero-order valence-electron chi connectivity index (χ0n) is 7.62. The molecule has 0 radical (unpaired) electrons. The lowest BCUT2D eigenvalue weighted by atomic mass is 9.95. The Balaban J connectivity index is 1.94. The second-order valence-corrected chi connectivity index (χ2v) is 4.30. The molecule has 2 fully saturated rings. The maximum atomic E-state index is 6.06. The van der Waals surface area contributed by atoms with Gasteiger partial charge in [0.15, 0.2) is 0 Å². The predicted octanol–water partition coefficient (Wildman–Crippen LogP) is 0.373. The Bertz CT molecular complexity index is 179. The molecule has 12 heavy (non-hydrogen) atoms. The molecule has 2 aliphatic rings. The summed E-state index contributed by atoms with van der Waals surface area (Å²) in [7, 11) is 0. The summed E-state index contributed by atoms with van der Waals surface area (Å²) >= 11 is 0. The van der Waals surface area contributed by atoms with Crippen LogP contribution in [0.15, 0.2) is 0 Å². The summed E-state index contributed by atoms with van der Waals surface area (Å²) in [6, 6.07) is 0.212. The molecule has 4 N–H and O–H groups in total. The first-order chi connectivity index (χ1) is 5.62. The van der Waals surface area contributed by atoms with Gasteiger partial charge in [0.25, 0.3) is 0 Å². The fourth-order valence-electron chi connectivity index (χ4n) is 1.90. The molecule has 0 spiro atoms. The van der Waals surface area contributed by atoms with Gasteiger partial charge in [0.05, 0.1) is 12.2 Å². The van der Waals surface area contributed by atoms with Gasteiger partial charge in [-0.25, -0.2) is 0 Å². The minimum atomic E-state index is 0.00833. The van der Waals surface area contributed by atoms with Gasteiger partial charge in [-0.1, -0.05) is 0 Å². The fourth-order valence-corrected chi connectivity index (χ4v) is 1.90. The van der Waals surface area contributed by atoms with E-state index >= 15 is 0 Å². The van der Waals surface area contributed by atoms with E-state index in [9.17, 15) is 0 Å². The van der Waals surface area contributed by atoms with Crippen molar-refractivity contribution < 1.29 is 4.74 Å². The van der Waals surface area contributed by atoms with Crippen LogP contribution >= 0.6 is 0 Å². The molecule has 1 aliphatic carbocycles. The van der Waals surface area contributed by atoms with Crippen LogP contribution in [0.5, 0.6) is 0 Å². The quantitative estimate of drug-likeness (QED) is 0.598. The highest BCUT2D eigenvalue weighted by Crippen LogP contribution is 2.41. The van der Waals surface area contributed by atoms with Crippen molar-refractivity contribution in [3.05, 3.63) is 0 Å². The number of hydrogen-bond donors (Lipinski definition) is 2. The molecule has 0 bridgehead atoms. The average Bonchev–Trinajstić information content (AvgIpc) is 2.75. The van der Waals surface area contributed by atoms with Crippen molar-refractivity contribution in [2.24, 2.45) is 11.5 Å². The van der Waals surface area contributed by atoms with Crippen LogP contribution in [0.2, 0.25) is 0 Å². The van der Waals surface area contributed by atoms with Crippen LogP contribution in [0.4, 0.5) is 0 Å². The molecule has 1 heterocycles. The summed E-state index contributed by atoms with van der Waals surface area (Å²) in [4.78, 5) is 0. The molecule has 0 aromatic carbocycles. The average molecular weight is 170 g/mol. The predicted molar refractivity (Wildman–Crippen MR) is 47.7 cm³/mol. The topological polar surface area (TPSA) is 61.3 Å². The molecule has 1 saturated heterocycles. The molecule has 3 heteroatoms. The Morgan fingerprint density at radius 3 is 2.50 bits per heavy atom. The summed E-state index contributed by atoms with van der Waals surface area (Å²) < 4.78 is 5.78. The highest BCUT2D eigenvalue weighted by molar-refractivity contribution is 5.06. The fraction of sp³-hybridized carbons (Fsp3) is 1.00. The van der Waals surface area contributed by atoms with Crippen molar-refractivity contribution >= 4 is 0 Å². The van der Waals surface area contributed by atoms with Gasteiger partial charge in [0.1, 0.15) is 0 Å². The molecule has 0 amide bonds. The molecule has 0 aromatic heterocycles. The maximum Gasteiger partial charge on any atom is 0.0759 e. The van der Waals surface area contributed by atoms with Crippen LogP contribution in [-0.4, -0.2) is 23.8 Å². The smallest absolute Gasteiger partial charge is 0.0759 e. The second-order valence-electron chi connectivity index (χ2n) is 4.30. The van der Waals surface area contributed by atoms with Gasteiger partial charge < -0.3 is 16.2 Å². The number of nitrogens with two attached hydrogens (primary N) is 2. The standard InChI is InChI=1S/C9H18N2O/c1-6-7(10)2-3-8(12-6)9(11)4-5-9/h6-8H,2-5,10-11H2,1H3/t6-,7?,8?/m1/s1. The van der Waals surface area contributed by atoms with Crippen molar-refractivity contribution in [2.75, 3.05) is 0 Å². The summed E-state index contributed by atoms with van der Waals surface area (Å²) in [6.07, 6.45) is 4.81. The Hall–Kier alpha value is -0.120. The Labute approximate surface area is 73.4 Å². The third-order valence-electron chi connectivity index (χ3n) is 3.21. The van der Waals surface area contributed by atoms with Gasteiger partial charge in [-0.3, -0.25) is 0 Å². The van der Waals surface area contributed by atoms with Gasteiger partial charge >= 0.3 is 0 Å². The highest BCUT2D eigenvalue weighted by Gasteiger charge is 2.48. The van der Waals surface area contributed by atoms with E-state index in [1.165, 1.54) is 0 Å². The van der Waals surface area contributed by atoms with Crippen molar-refractivity contribution in [2.45, 2.75) is 56.4 Å². The lowest BCUT2D eigenvalue weighted by Crippen LogP contribution is -2.50. The minimum Gasteiger partial charge on any atom is -0.372 e. The van der Waals surface area contributed by atoms with Crippen molar-refractivity contribution in [3.63, 3.8) is 0 Å². The molecular weight excluding hydrogens is 152 g/mol. The van der Waals surface area contributed by atoms with Gasteiger partial charge in [0.2, 0.25) is 0 Å². The zero-order chi connectivity index (χ0) is 8.77. The summed E-state index contributed by atoms with van der Waals surface area (Å²) in [5.41, 5.74) is 11.9. The summed E-state index contributed by atoms with van der Waals surface area (Å²) in [5, 5.41) is 0. The molecule has 2 rings (SSSR count). The molecule has 3 nitrogen and oxygen atoms in total. The molecule has 1 saturated carbocycles. The van der Waals surface area contributed by atoms with E-state index in [0.29, 0.717) is 0 Å².